The monoisotopic (exact) mass is 337 g/mol. The Balaban J connectivity index is 1.84. The number of carbonyl (C=O) groups excluding carboxylic acids is 2. The molecule has 1 aromatic heterocycles. The van der Waals surface area contributed by atoms with E-state index in [0.29, 0.717) is 30.2 Å². The van der Waals surface area contributed by atoms with Gasteiger partial charge in [-0.25, -0.2) is 4.39 Å². The maximum atomic E-state index is 13.8. The average molecular weight is 337 g/mol. The molecule has 0 bridgehead atoms. The summed E-state index contributed by atoms with van der Waals surface area (Å²) in [5, 5.41) is 0.575. The van der Waals surface area contributed by atoms with Crippen LogP contribution in [0.3, 0.4) is 0 Å². The van der Waals surface area contributed by atoms with Crippen molar-refractivity contribution < 1.29 is 18.7 Å². The summed E-state index contributed by atoms with van der Waals surface area (Å²) in [6.07, 6.45) is 2.63. The molecular formula is C17H20FNO3S. The van der Waals surface area contributed by atoms with Gasteiger partial charge in [0.15, 0.2) is 10.8 Å². The fourth-order valence-corrected chi connectivity index (χ4v) is 4.08. The predicted octanol–water partition coefficient (Wildman–Crippen LogP) is 3.25. The Bertz CT molecular complexity index is 659. The van der Waals surface area contributed by atoms with Crippen molar-refractivity contribution in [3.63, 3.8) is 0 Å². The van der Waals surface area contributed by atoms with Crippen molar-refractivity contribution in [2.75, 3.05) is 6.54 Å². The lowest BCUT2D eigenvalue weighted by atomic mass is 9.96. The van der Waals surface area contributed by atoms with E-state index in [1.54, 1.807) is 6.92 Å². The van der Waals surface area contributed by atoms with Crippen LogP contribution in [-0.4, -0.2) is 29.7 Å². The second-order valence-corrected chi connectivity index (χ2v) is 7.34. The van der Waals surface area contributed by atoms with E-state index in [4.69, 9.17) is 4.74 Å². The summed E-state index contributed by atoms with van der Waals surface area (Å²) >= 11 is 1.46. The highest BCUT2D eigenvalue weighted by molar-refractivity contribution is 7.14. The molecule has 0 aromatic carbocycles. The molecule has 124 valence electrons. The first-order valence-corrected chi connectivity index (χ1v) is 8.65. The zero-order chi connectivity index (χ0) is 16.6. The van der Waals surface area contributed by atoms with Crippen LogP contribution in [0.1, 0.15) is 37.1 Å². The minimum atomic E-state index is -0.476. The molecule has 1 aliphatic heterocycles. The smallest absolute Gasteiger partial charge is 0.299 e. The molecule has 0 radical (unpaired) electrons. The molecule has 0 spiro atoms. The van der Waals surface area contributed by atoms with Gasteiger partial charge in [0.1, 0.15) is 0 Å². The van der Waals surface area contributed by atoms with Crippen molar-refractivity contribution in [2.45, 2.75) is 45.7 Å². The summed E-state index contributed by atoms with van der Waals surface area (Å²) in [5.41, 5.74) is 1.58. The number of fused-ring (bicyclic) bond motifs is 1. The van der Waals surface area contributed by atoms with Gasteiger partial charge in [-0.2, -0.15) is 0 Å². The van der Waals surface area contributed by atoms with Gasteiger partial charge in [-0.05, 0) is 50.3 Å². The molecule has 4 nitrogen and oxygen atoms in total. The molecule has 1 aliphatic carbocycles. The number of rotatable bonds is 6. The Hall–Kier alpha value is -1.53. The molecule has 1 aromatic rings. The van der Waals surface area contributed by atoms with Crippen LogP contribution in [-0.2, 0) is 22.6 Å². The van der Waals surface area contributed by atoms with Crippen LogP contribution in [0.15, 0.2) is 17.5 Å². The number of carbonyl (C=O) groups is 2. The van der Waals surface area contributed by atoms with E-state index in [2.05, 4.69) is 4.90 Å². The number of hydrogen-bond acceptors (Lipinski definition) is 5. The summed E-state index contributed by atoms with van der Waals surface area (Å²) in [6, 6.07) is 1.37. The highest BCUT2D eigenvalue weighted by Crippen LogP contribution is 2.38. The van der Waals surface area contributed by atoms with E-state index < -0.39 is 6.04 Å². The first kappa shape index (κ1) is 16.3. The van der Waals surface area contributed by atoms with Gasteiger partial charge in [-0.3, -0.25) is 14.5 Å². The van der Waals surface area contributed by atoms with Crippen LogP contribution in [0.25, 0.3) is 0 Å². The van der Waals surface area contributed by atoms with Gasteiger partial charge in [-0.15, -0.1) is 11.3 Å². The molecule has 3 rings (SSSR count). The van der Waals surface area contributed by atoms with Gasteiger partial charge in [0.05, 0.1) is 11.9 Å². The lowest BCUT2D eigenvalue weighted by Crippen LogP contribution is -2.45. The quantitative estimate of drug-likeness (QED) is 0.748. The largest absolute Gasteiger partial charge is 0.418 e. The number of ketones is 1. The highest BCUT2D eigenvalue weighted by Gasteiger charge is 2.40. The van der Waals surface area contributed by atoms with E-state index in [9.17, 15) is 14.0 Å². The van der Waals surface area contributed by atoms with Gasteiger partial charge in [0, 0.05) is 23.9 Å². The van der Waals surface area contributed by atoms with Crippen molar-refractivity contribution in [1.82, 2.24) is 4.90 Å². The Morgan fingerprint density at radius 2 is 2.22 bits per heavy atom. The summed E-state index contributed by atoms with van der Waals surface area (Å²) in [4.78, 5) is 26.4. The summed E-state index contributed by atoms with van der Waals surface area (Å²) in [7, 11) is 0. The third kappa shape index (κ3) is 3.38. The van der Waals surface area contributed by atoms with Crippen LogP contribution in [0.5, 0.6) is 5.06 Å². The molecule has 0 saturated heterocycles. The average Bonchev–Trinajstić information content (AvgIpc) is 3.28. The van der Waals surface area contributed by atoms with Crippen molar-refractivity contribution in [1.29, 1.82) is 0 Å². The first-order valence-electron chi connectivity index (χ1n) is 7.83. The highest BCUT2D eigenvalue weighted by atomic mass is 32.1. The van der Waals surface area contributed by atoms with Crippen molar-refractivity contribution >= 4 is 23.6 Å². The molecule has 1 unspecified atom stereocenters. The molecule has 2 aliphatic rings. The topological polar surface area (TPSA) is 46.6 Å². The van der Waals surface area contributed by atoms with E-state index in [-0.39, 0.29) is 17.5 Å². The number of Topliss-reactive ketones (excluding diaryl/α,β-unsaturated/α-hetero) is 1. The number of hydrogen-bond donors (Lipinski definition) is 0. The number of nitrogens with zero attached hydrogens (tertiary/aromatic N) is 1. The Morgan fingerprint density at radius 3 is 2.83 bits per heavy atom. The molecule has 1 saturated carbocycles. The second kappa shape index (κ2) is 6.53. The zero-order valence-electron chi connectivity index (χ0n) is 13.3. The molecule has 6 heteroatoms. The van der Waals surface area contributed by atoms with Crippen molar-refractivity contribution in [3.8, 4) is 5.06 Å². The standard InChI is InChI=1S/C17H20FNO3S/c1-10(11(2)18)16(17(21)12-3-4-12)19-6-5-14-13(8-19)7-15(23-14)22-9-20/h7,9,12,16H,3-6,8H2,1-2H3/b11-10-. The lowest BCUT2D eigenvalue weighted by Gasteiger charge is -2.34. The molecular weight excluding hydrogens is 317 g/mol. The fourth-order valence-electron chi connectivity index (χ4n) is 3.10. The zero-order valence-corrected chi connectivity index (χ0v) is 14.1. The second-order valence-electron chi connectivity index (χ2n) is 6.24. The Kier molecular flexibility index (Phi) is 4.64. The molecule has 0 amide bonds. The van der Waals surface area contributed by atoms with Gasteiger partial charge in [0.2, 0.25) is 0 Å². The van der Waals surface area contributed by atoms with Crippen LogP contribution in [0.4, 0.5) is 4.39 Å². The first-order chi connectivity index (χ1) is 11.0. The molecule has 1 fully saturated rings. The normalized spacial score (nSPS) is 20.5. The number of ether oxygens (including phenoxy) is 1. The van der Waals surface area contributed by atoms with Gasteiger partial charge in [-0.1, -0.05) is 0 Å². The third-order valence-electron chi connectivity index (χ3n) is 4.61. The van der Waals surface area contributed by atoms with Gasteiger partial charge >= 0.3 is 0 Å². The fraction of sp³-hybridized carbons (Fsp3) is 0.529. The maximum absolute atomic E-state index is 13.8. The minimum Gasteiger partial charge on any atom is -0.418 e. The van der Waals surface area contributed by atoms with Crippen LogP contribution < -0.4 is 4.74 Å². The number of allylic oxidation sites excluding steroid dienone is 1. The van der Waals surface area contributed by atoms with Crippen LogP contribution in [0, 0.1) is 5.92 Å². The van der Waals surface area contributed by atoms with Crippen LogP contribution in [0.2, 0.25) is 0 Å². The summed E-state index contributed by atoms with van der Waals surface area (Å²) in [5.74, 6) is -0.0419. The number of halogens is 1. The van der Waals surface area contributed by atoms with Gasteiger partial charge in [0.25, 0.3) is 6.47 Å². The molecule has 0 N–H and O–H groups in total. The van der Waals surface area contributed by atoms with Gasteiger partial charge < -0.3 is 4.74 Å². The lowest BCUT2D eigenvalue weighted by molar-refractivity contribution is -0.124. The van der Waals surface area contributed by atoms with E-state index >= 15 is 0 Å². The van der Waals surface area contributed by atoms with E-state index in [1.807, 2.05) is 6.07 Å². The third-order valence-corrected chi connectivity index (χ3v) is 5.73. The van der Waals surface area contributed by atoms with Crippen molar-refractivity contribution in [3.05, 3.63) is 27.9 Å². The Labute approximate surface area is 138 Å². The maximum Gasteiger partial charge on any atom is 0.299 e. The summed E-state index contributed by atoms with van der Waals surface area (Å²) in [6.45, 7) is 4.85. The molecule has 1 atom stereocenters. The number of thiophene rings is 1. The minimum absolute atomic E-state index is 0.0899. The SMILES string of the molecule is C/C(F)=C(\C)C(C(=O)C1CC1)N1CCc2sc(OC=O)cc2C1. The summed E-state index contributed by atoms with van der Waals surface area (Å²) < 4.78 is 18.7. The van der Waals surface area contributed by atoms with E-state index in [1.165, 1.54) is 23.1 Å². The van der Waals surface area contributed by atoms with Crippen molar-refractivity contribution in [2.24, 2.45) is 5.92 Å². The molecule has 23 heavy (non-hydrogen) atoms. The Morgan fingerprint density at radius 1 is 1.48 bits per heavy atom. The van der Waals surface area contributed by atoms with Crippen LogP contribution >= 0.6 is 11.3 Å². The molecule has 2 heterocycles. The van der Waals surface area contributed by atoms with E-state index in [0.717, 1.165) is 24.8 Å². The predicted molar refractivity (Wildman–Crippen MR) is 86.1 cm³/mol.